The first kappa shape index (κ1) is 19.5. The van der Waals surface area contributed by atoms with Gasteiger partial charge in [0.05, 0.1) is 0 Å². The largest absolute Gasteiger partial charge is 0.490 e. The van der Waals surface area contributed by atoms with Crippen LogP contribution in [-0.2, 0) is 14.9 Å². The number of benzene rings is 2. The van der Waals surface area contributed by atoms with Crippen LogP contribution >= 0.6 is 0 Å². The Bertz CT molecular complexity index is 718. The van der Waals surface area contributed by atoms with E-state index in [1.54, 1.807) is 24.3 Å². The smallest absolute Gasteiger partial charge is 0.325 e. The third-order valence-electron chi connectivity index (χ3n) is 3.76. The van der Waals surface area contributed by atoms with Crippen LogP contribution in [0.5, 0.6) is 5.75 Å². The average Bonchev–Trinajstić information content (AvgIpc) is 2.63. The summed E-state index contributed by atoms with van der Waals surface area (Å²) < 4.78 is 10.6. The average molecular weight is 355 g/mol. The molecule has 0 aliphatic carbocycles. The molecule has 0 unspecified atom stereocenters. The van der Waals surface area contributed by atoms with E-state index in [4.69, 9.17) is 9.47 Å². The van der Waals surface area contributed by atoms with Crippen LogP contribution in [0.1, 0.15) is 36.7 Å². The van der Waals surface area contributed by atoms with Gasteiger partial charge in [0, 0.05) is 5.56 Å². The van der Waals surface area contributed by atoms with Crippen molar-refractivity contribution in [3.05, 3.63) is 65.7 Å². The summed E-state index contributed by atoms with van der Waals surface area (Å²) in [5, 5.41) is 2.52. The summed E-state index contributed by atoms with van der Waals surface area (Å²) >= 11 is 0. The number of hydrogen-bond donors (Lipinski definition) is 1. The van der Waals surface area contributed by atoms with Gasteiger partial charge in [0.1, 0.15) is 25.5 Å². The van der Waals surface area contributed by atoms with Crippen molar-refractivity contribution < 1.29 is 19.1 Å². The third-order valence-corrected chi connectivity index (χ3v) is 3.76. The predicted molar refractivity (Wildman–Crippen MR) is 100 cm³/mol. The summed E-state index contributed by atoms with van der Waals surface area (Å²) in [5.74, 6) is -0.0786. The molecular weight excluding hydrogens is 330 g/mol. The summed E-state index contributed by atoms with van der Waals surface area (Å²) in [6.45, 7) is 6.67. The number of ether oxygens (including phenoxy) is 2. The van der Waals surface area contributed by atoms with Crippen molar-refractivity contribution in [1.29, 1.82) is 0 Å². The van der Waals surface area contributed by atoms with Crippen molar-refractivity contribution in [2.75, 3.05) is 19.8 Å². The number of carbonyl (C=O) groups is 2. The van der Waals surface area contributed by atoms with Gasteiger partial charge in [0.25, 0.3) is 5.91 Å². The Labute approximate surface area is 154 Å². The normalized spacial score (nSPS) is 10.9. The fourth-order valence-corrected chi connectivity index (χ4v) is 2.26. The molecule has 0 spiro atoms. The Kier molecular flexibility index (Phi) is 6.78. The number of hydrogen-bond acceptors (Lipinski definition) is 4. The molecule has 0 bridgehead atoms. The van der Waals surface area contributed by atoms with Crippen LogP contribution in [0.3, 0.4) is 0 Å². The highest BCUT2D eigenvalue weighted by atomic mass is 16.6. The Balaban J connectivity index is 1.65. The van der Waals surface area contributed by atoms with Gasteiger partial charge in [0.15, 0.2) is 0 Å². The molecule has 26 heavy (non-hydrogen) atoms. The minimum absolute atomic E-state index is 0.0955. The first-order valence-corrected chi connectivity index (χ1v) is 8.58. The van der Waals surface area contributed by atoms with Crippen molar-refractivity contribution in [3.63, 3.8) is 0 Å². The van der Waals surface area contributed by atoms with Crippen LogP contribution in [-0.4, -0.2) is 31.6 Å². The van der Waals surface area contributed by atoms with Crippen LogP contribution in [0.4, 0.5) is 0 Å². The summed E-state index contributed by atoms with van der Waals surface area (Å²) in [5.41, 5.74) is 1.82. The van der Waals surface area contributed by atoms with E-state index in [0.717, 1.165) is 5.75 Å². The number of esters is 1. The molecule has 2 aromatic rings. The number of nitrogens with one attached hydrogen (secondary N) is 1. The van der Waals surface area contributed by atoms with E-state index < -0.39 is 5.97 Å². The lowest BCUT2D eigenvalue weighted by molar-refractivity contribution is -0.143. The molecule has 5 nitrogen and oxygen atoms in total. The highest BCUT2D eigenvalue weighted by Gasteiger charge is 2.13. The molecule has 0 aliphatic rings. The lowest BCUT2D eigenvalue weighted by atomic mass is 9.87. The van der Waals surface area contributed by atoms with Crippen LogP contribution in [0, 0.1) is 0 Å². The highest BCUT2D eigenvalue weighted by Crippen LogP contribution is 2.24. The fourth-order valence-electron chi connectivity index (χ4n) is 2.26. The van der Waals surface area contributed by atoms with E-state index in [0.29, 0.717) is 5.56 Å². The molecular formula is C21H25NO4. The zero-order valence-corrected chi connectivity index (χ0v) is 15.5. The van der Waals surface area contributed by atoms with Crippen molar-refractivity contribution in [1.82, 2.24) is 5.32 Å². The zero-order chi connectivity index (χ0) is 19.0. The fraction of sp³-hybridized carbons (Fsp3) is 0.333. The van der Waals surface area contributed by atoms with Crippen LogP contribution in [0.15, 0.2) is 54.6 Å². The highest BCUT2D eigenvalue weighted by molar-refractivity contribution is 5.95. The zero-order valence-electron chi connectivity index (χ0n) is 15.5. The van der Waals surface area contributed by atoms with E-state index in [-0.39, 0.29) is 31.1 Å². The molecule has 138 valence electrons. The first-order chi connectivity index (χ1) is 12.4. The third kappa shape index (κ3) is 6.24. The second kappa shape index (κ2) is 9.04. The maximum Gasteiger partial charge on any atom is 0.325 e. The van der Waals surface area contributed by atoms with Crippen LogP contribution in [0.2, 0.25) is 0 Å². The van der Waals surface area contributed by atoms with Crippen molar-refractivity contribution in [2.24, 2.45) is 0 Å². The molecule has 0 aromatic heterocycles. The summed E-state index contributed by atoms with van der Waals surface area (Å²) in [6, 6.07) is 16.6. The van der Waals surface area contributed by atoms with E-state index >= 15 is 0 Å². The van der Waals surface area contributed by atoms with Crippen molar-refractivity contribution in [3.8, 4) is 5.75 Å². The summed E-state index contributed by atoms with van der Waals surface area (Å²) in [7, 11) is 0. The Morgan fingerprint density at radius 2 is 1.58 bits per heavy atom. The molecule has 0 fully saturated rings. The predicted octanol–water partition coefficient (Wildman–Crippen LogP) is 3.34. The Hall–Kier alpha value is -2.82. The molecule has 5 heteroatoms. The Morgan fingerprint density at radius 1 is 0.923 bits per heavy atom. The minimum Gasteiger partial charge on any atom is -0.490 e. The molecule has 0 saturated heterocycles. The van der Waals surface area contributed by atoms with E-state index in [1.807, 2.05) is 30.3 Å². The second-order valence-corrected chi connectivity index (χ2v) is 6.89. The molecule has 0 heterocycles. The number of amides is 1. The minimum atomic E-state index is -0.499. The van der Waals surface area contributed by atoms with E-state index in [9.17, 15) is 9.59 Å². The summed E-state index contributed by atoms with van der Waals surface area (Å²) in [6.07, 6.45) is 0. The first-order valence-electron chi connectivity index (χ1n) is 8.58. The number of carbonyl (C=O) groups excluding carboxylic acids is 2. The molecule has 2 aromatic carbocycles. The van der Waals surface area contributed by atoms with Gasteiger partial charge in [-0.25, -0.2) is 0 Å². The Morgan fingerprint density at radius 3 is 2.19 bits per heavy atom. The molecule has 0 radical (unpaired) electrons. The van der Waals surface area contributed by atoms with Gasteiger partial charge in [0.2, 0.25) is 0 Å². The number of rotatable bonds is 7. The van der Waals surface area contributed by atoms with Gasteiger partial charge in [-0.3, -0.25) is 9.59 Å². The van der Waals surface area contributed by atoms with Gasteiger partial charge in [-0.05, 0) is 35.2 Å². The topological polar surface area (TPSA) is 64.6 Å². The van der Waals surface area contributed by atoms with Crippen molar-refractivity contribution in [2.45, 2.75) is 26.2 Å². The SMILES string of the molecule is CC(C)(C)c1ccc(OCCOC(=O)CNC(=O)c2ccccc2)cc1. The molecule has 1 N–H and O–H groups in total. The quantitative estimate of drug-likeness (QED) is 0.611. The van der Waals surface area contributed by atoms with E-state index in [1.165, 1.54) is 5.56 Å². The lowest BCUT2D eigenvalue weighted by Crippen LogP contribution is -2.31. The molecule has 1 amide bonds. The van der Waals surface area contributed by atoms with Gasteiger partial charge in [-0.15, -0.1) is 0 Å². The lowest BCUT2D eigenvalue weighted by Gasteiger charge is -2.19. The standard InChI is InChI=1S/C21H25NO4/c1-21(2,3)17-9-11-18(12-10-17)25-13-14-26-19(23)15-22-20(24)16-7-5-4-6-8-16/h4-12H,13-15H2,1-3H3,(H,22,24). The second-order valence-electron chi connectivity index (χ2n) is 6.89. The molecule has 0 atom stereocenters. The monoisotopic (exact) mass is 355 g/mol. The summed E-state index contributed by atoms with van der Waals surface area (Å²) in [4.78, 5) is 23.5. The molecule has 0 aliphatic heterocycles. The van der Waals surface area contributed by atoms with Crippen LogP contribution in [0.25, 0.3) is 0 Å². The van der Waals surface area contributed by atoms with E-state index in [2.05, 4.69) is 26.1 Å². The van der Waals surface area contributed by atoms with Gasteiger partial charge >= 0.3 is 5.97 Å². The van der Waals surface area contributed by atoms with Gasteiger partial charge in [-0.2, -0.15) is 0 Å². The van der Waals surface area contributed by atoms with Gasteiger partial charge in [-0.1, -0.05) is 51.1 Å². The maximum atomic E-state index is 11.8. The van der Waals surface area contributed by atoms with Crippen LogP contribution < -0.4 is 10.1 Å². The van der Waals surface area contributed by atoms with Crippen molar-refractivity contribution >= 4 is 11.9 Å². The maximum absolute atomic E-state index is 11.8. The molecule has 2 rings (SSSR count). The molecule has 0 saturated carbocycles. The van der Waals surface area contributed by atoms with Gasteiger partial charge < -0.3 is 14.8 Å².